The van der Waals surface area contributed by atoms with Crippen molar-refractivity contribution in [1.29, 1.82) is 0 Å². The molecule has 130 valence electrons. The summed E-state index contributed by atoms with van der Waals surface area (Å²) in [5, 5.41) is 3.54. The highest BCUT2D eigenvalue weighted by Gasteiger charge is 2.11. The zero-order valence-electron chi connectivity index (χ0n) is 14.2. The summed E-state index contributed by atoms with van der Waals surface area (Å²) < 4.78 is 0. The molecule has 3 rings (SSSR count). The largest absolute Gasteiger partial charge is 0.348 e. The summed E-state index contributed by atoms with van der Waals surface area (Å²) >= 11 is 6.07. The Hall–Kier alpha value is -2.10. The molecule has 2 aromatic carbocycles. The molecule has 0 spiro atoms. The van der Waals surface area contributed by atoms with Crippen LogP contribution < -0.4 is 5.32 Å². The van der Waals surface area contributed by atoms with Crippen molar-refractivity contribution < 1.29 is 4.79 Å². The molecule has 0 bridgehead atoms. The fourth-order valence-corrected chi connectivity index (χ4v) is 3.18. The van der Waals surface area contributed by atoms with Gasteiger partial charge in [-0.05, 0) is 54.8 Å². The first kappa shape index (κ1) is 17.7. The monoisotopic (exact) mass is 354 g/mol. The number of likely N-dealkylation sites (tertiary alicyclic amines) is 1. The van der Waals surface area contributed by atoms with Gasteiger partial charge in [-0.15, -0.1) is 0 Å². The second kappa shape index (κ2) is 8.84. The van der Waals surface area contributed by atoms with Crippen LogP contribution in [0.1, 0.15) is 29.5 Å². The SMILES string of the molecule is O=C(/C=C/c1ccccc1Cl)NCc1ccc(CN2CCCC2)cc1. The minimum atomic E-state index is -0.124. The van der Waals surface area contributed by atoms with Crippen molar-refractivity contribution in [3.63, 3.8) is 0 Å². The van der Waals surface area contributed by atoms with E-state index in [2.05, 4.69) is 34.5 Å². The molecule has 1 fully saturated rings. The van der Waals surface area contributed by atoms with E-state index >= 15 is 0 Å². The highest BCUT2D eigenvalue weighted by Crippen LogP contribution is 2.16. The number of benzene rings is 2. The van der Waals surface area contributed by atoms with E-state index in [1.165, 1.54) is 37.6 Å². The number of carbonyl (C=O) groups excluding carboxylic acids is 1. The van der Waals surface area contributed by atoms with Gasteiger partial charge in [0.2, 0.25) is 5.91 Å². The van der Waals surface area contributed by atoms with E-state index in [4.69, 9.17) is 11.6 Å². The van der Waals surface area contributed by atoms with Crippen LogP contribution in [0.25, 0.3) is 6.08 Å². The topological polar surface area (TPSA) is 32.3 Å². The van der Waals surface area contributed by atoms with E-state index in [0.717, 1.165) is 17.7 Å². The molecule has 1 saturated heterocycles. The van der Waals surface area contributed by atoms with E-state index in [1.807, 2.05) is 24.3 Å². The van der Waals surface area contributed by atoms with Gasteiger partial charge in [0, 0.05) is 24.2 Å². The first-order valence-corrected chi connectivity index (χ1v) is 9.09. The summed E-state index contributed by atoms with van der Waals surface area (Å²) in [4.78, 5) is 14.4. The quantitative estimate of drug-likeness (QED) is 0.786. The van der Waals surface area contributed by atoms with Crippen LogP contribution in [0.15, 0.2) is 54.6 Å². The summed E-state index contributed by atoms with van der Waals surface area (Å²) in [5.74, 6) is -0.124. The Morgan fingerprint density at radius 2 is 1.72 bits per heavy atom. The molecule has 0 unspecified atom stereocenters. The Labute approximate surface area is 154 Å². The predicted molar refractivity (Wildman–Crippen MR) is 103 cm³/mol. The predicted octanol–water partition coefficient (Wildman–Crippen LogP) is 4.27. The number of rotatable bonds is 6. The Morgan fingerprint density at radius 1 is 1.04 bits per heavy atom. The van der Waals surface area contributed by atoms with Gasteiger partial charge in [0.05, 0.1) is 0 Å². The summed E-state index contributed by atoms with van der Waals surface area (Å²) in [6, 6.07) is 15.9. The fraction of sp³-hybridized carbons (Fsp3) is 0.286. The number of nitrogens with zero attached hydrogens (tertiary/aromatic N) is 1. The van der Waals surface area contributed by atoms with Gasteiger partial charge in [-0.3, -0.25) is 9.69 Å². The van der Waals surface area contributed by atoms with E-state index in [-0.39, 0.29) is 5.91 Å². The standard InChI is InChI=1S/C21H23ClN2O/c22-20-6-2-1-5-19(20)11-12-21(25)23-15-17-7-9-18(10-8-17)16-24-13-3-4-14-24/h1-2,5-12H,3-4,13-16H2,(H,23,25)/b12-11+. The van der Waals surface area contributed by atoms with Crippen molar-refractivity contribution in [1.82, 2.24) is 10.2 Å². The van der Waals surface area contributed by atoms with Crippen LogP contribution in [0.5, 0.6) is 0 Å². The number of amides is 1. The minimum absolute atomic E-state index is 0.124. The summed E-state index contributed by atoms with van der Waals surface area (Å²) in [7, 11) is 0. The summed E-state index contributed by atoms with van der Waals surface area (Å²) in [6.07, 6.45) is 5.87. The smallest absolute Gasteiger partial charge is 0.244 e. The van der Waals surface area contributed by atoms with Gasteiger partial charge in [-0.2, -0.15) is 0 Å². The Morgan fingerprint density at radius 3 is 2.44 bits per heavy atom. The van der Waals surface area contributed by atoms with Crippen LogP contribution in [0.4, 0.5) is 0 Å². The van der Waals surface area contributed by atoms with Crippen LogP contribution in [-0.2, 0) is 17.9 Å². The van der Waals surface area contributed by atoms with E-state index < -0.39 is 0 Å². The molecule has 0 aliphatic carbocycles. The second-order valence-electron chi connectivity index (χ2n) is 6.37. The maximum Gasteiger partial charge on any atom is 0.244 e. The van der Waals surface area contributed by atoms with Gasteiger partial charge in [0.15, 0.2) is 0 Å². The number of hydrogen-bond donors (Lipinski definition) is 1. The zero-order chi connectivity index (χ0) is 17.5. The molecule has 25 heavy (non-hydrogen) atoms. The van der Waals surface area contributed by atoms with Crippen molar-refractivity contribution in [3.8, 4) is 0 Å². The molecule has 0 saturated carbocycles. The molecule has 1 N–H and O–H groups in total. The van der Waals surface area contributed by atoms with Crippen LogP contribution >= 0.6 is 11.6 Å². The van der Waals surface area contributed by atoms with Crippen LogP contribution in [0.2, 0.25) is 5.02 Å². The number of hydrogen-bond acceptors (Lipinski definition) is 2. The maximum absolute atomic E-state index is 12.0. The Kier molecular flexibility index (Phi) is 6.26. The lowest BCUT2D eigenvalue weighted by Crippen LogP contribution is -2.20. The van der Waals surface area contributed by atoms with Gasteiger partial charge < -0.3 is 5.32 Å². The maximum atomic E-state index is 12.0. The molecule has 1 amide bonds. The third kappa shape index (κ3) is 5.45. The highest BCUT2D eigenvalue weighted by molar-refractivity contribution is 6.32. The van der Waals surface area contributed by atoms with E-state index in [0.29, 0.717) is 11.6 Å². The molecular weight excluding hydrogens is 332 g/mol. The minimum Gasteiger partial charge on any atom is -0.348 e. The van der Waals surface area contributed by atoms with Gasteiger partial charge in [-0.25, -0.2) is 0 Å². The Bertz CT molecular complexity index is 734. The lowest BCUT2D eigenvalue weighted by atomic mass is 10.1. The van der Waals surface area contributed by atoms with Crippen LogP contribution in [-0.4, -0.2) is 23.9 Å². The van der Waals surface area contributed by atoms with Crippen molar-refractivity contribution in [2.45, 2.75) is 25.9 Å². The summed E-state index contributed by atoms with van der Waals surface area (Å²) in [6.45, 7) is 3.95. The van der Waals surface area contributed by atoms with Crippen LogP contribution in [0, 0.1) is 0 Å². The molecule has 0 aromatic heterocycles. The van der Waals surface area contributed by atoms with Gasteiger partial charge >= 0.3 is 0 Å². The normalized spacial score (nSPS) is 14.9. The fourth-order valence-electron chi connectivity index (χ4n) is 2.99. The zero-order valence-corrected chi connectivity index (χ0v) is 15.0. The van der Waals surface area contributed by atoms with Crippen molar-refractivity contribution in [2.75, 3.05) is 13.1 Å². The molecule has 4 heteroatoms. The van der Waals surface area contributed by atoms with Crippen molar-refractivity contribution in [2.24, 2.45) is 0 Å². The van der Waals surface area contributed by atoms with Crippen molar-refractivity contribution >= 4 is 23.6 Å². The number of carbonyl (C=O) groups is 1. The third-order valence-corrected chi connectivity index (χ3v) is 4.76. The van der Waals surface area contributed by atoms with Crippen molar-refractivity contribution in [3.05, 3.63) is 76.3 Å². The molecule has 0 radical (unpaired) electrons. The first-order valence-electron chi connectivity index (χ1n) is 8.71. The average Bonchev–Trinajstić information content (AvgIpc) is 3.13. The lowest BCUT2D eigenvalue weighted by Gasteiger charge is -2.14. The van der Waals surface area contributed by atoms with E-state index in [1.54, 1.807) is 6.08 Å². The summed E-state index contributed by atoms with van der Waals surface area (Å²) in [5.41, 5.74) is 3.27. The van der Waals surface area contributed by atoms with Gasteiger partial charge in [0.25, 0.3) is 0 Å². The molecule has 1 heterocycles. The second-order valence-corrected chi connectivity index (χ2v) is 6.78. The highest BCUT2D eigenvalue weighted by atomic mass is 35.5. The lowest BCUT2D eigenvalue weighted by molar-refractivity contribution is -0.116. The number of halogens is 1. The van der Waals surface area contributed by atoms with Crippen LogP contribution in [0.3, 0.4) is 0 Å². The van der Waals surface area contributed by atoms with Gasteiger partial charge in [-0.1, -0.05) is 54.1 Å². The molecule has 3 nitrogen and oxygen atoms in total. The average molecular weight is 355 g/mol. The molecule has 1 aliphatic rings. The van der Waals surface area contributed by atoms with E-state index in [9.17, 15) is 4.79 Å². The third-order valence-electron chi connectivity index (χ3n) is 4.41. The molecule has 1 aliphatic heterocycles. The first-order chi connectivity index (χ1) is 12.2. The number of nitrogens with one attached hydrogen (secondary N) is 1. The van der Waals surface area contributed by atoms with Gasteiger partial charge in [0.1, 0.15) is 0 Å². The molecule has 0 atom stereocenters. The molecular formula is C21H23ClN2O. The Balaban J connectivity index is 1.47. The molecule has 2 aromatic rings.